The van der Waals surface area contributed by atoms with Crippen LogP contribution in [0.4, 0.5) is 13.2 Å². The average Bonchev–Trinajstić information content (AvgIpc) is 2.81. The van der Waals surface area contributed by atoms with Crippen molar-refractivity contribution in [3.63, 3.8) is 0 Å². The second-order valence-corrected chi connectivity index (χ2v) is 11.0. The molecule has 3 rings (SSSR count). The predicted octanol–water partition coefficient (Wildman–Crippen LogP) is 6.12. The summed E-state index contributed by atoms with van der Waals surface area (Å²) in [5.74, 6) is -0.864. The molecule has 0 radical (unpaired) electrons. The number of alkyl halides is 3. The van der Waals surface area contributed by atoms with Gasteiger partial charge >= 0.3 is 6.18 Å². The molecule has 3 aromatic carbocycles. The zero-order valence-corrected chi connectivity index (χ0v) is 22.1. The van der Waals surface area contributed by atoms with E-state index in [1.807, 2.05) is 0 Å². The summed E-state index contributed by atoms with van der Waals surface area (Å²) in [4.78, 5) is 12.5. The lowest BCUT2D eigenvalue weighted by Crippen LogP contribution is -2.39. The first-order valence-electron chi connectivity index (χ1n) is 10.1. The number of amides is 1. The van der Waals surface area contributed by atoms with Crippen molar-refractivity contribution < 1.29 is 26.4 Å². The molecule has 6 nitrogen and oxygen atoms in total. The zero-order valence-electron chi connectivity index (χ0n) is 18.1. The Hall–Kier alpha value is -2.44. The third kappa shape index (κ3) is 7.30. The molecule has 0 saturated heterocycles. The van der Waals surface area contributed by atoms with Crippen molar-refractivity contribution in [2.45, 2.75) is 17.6 Å². The van der Waals surface area contributed by atoms with Crippen LogP contribution in [0.3, 0.4) is 0 Å². The molecule has 190 valence electrons. The summed E-state index contributed by atoms with van der Waals surface area (Å²) in [5.41, 5.74) is 1.35. The highest BCUT2D eigenvalue weighted by atomic mass is 79.9. The Balaban J connectivity index is 1.83. The van der Waals surface area contributed by atoms with E-state index in [2.05, 4.69) is 26.5 Å². The number of nitrogens with one attached hydrogen (secondary N) is 1. The predicted molar refractivity (Wildman–Crippen MR) is 135 cm³/mol. The van der Waals surface area contributed by atoms with Gasteiger partial charge in [-0.1, -0.05) is 63.4 Å². The van der Waals surface area contributed by atoms with Crippen LogP contribution in [0.5, 0.6) is 0 Å². The van der Waals surface area contributed by atoms with E-state index in [0.29, 0.717) is 10.0 Å². The van der Waals surface area contributed by atoms with Gasteiger partial charge in [-0.3, -0.25) is 4.79 Å². The summed E-state index contributed by atoms with van der Waals surface area (Å²) in [7, 11) is -4.16. The number of sulfonamides is 1. The minimum Gasteiger partial charge on any atom is -0.272 e. The fourth-order valence-electron chi connectivity index (χ4n) is 3.06. The molecule has 1 N–H and O–H groups in total. The molecule has 0 heterocycles. The van der Waals surface area contributed by atoms with E-state index in [4.69, 9.17) is 23.2 Å². The second-order valence-electron chi connectivity index (χ2n) is 7.35. The highest BCUT2D eigenvalue weighted by Crippen LogP contribution is 2.31. The molecular formula is C23H17BrCl2F3N3O3S. The van der Waals surface area contributed by atoms with Crippen LogP contribution < -0.4 is 5.43 Å². The first-order valence-corrected chi connectivity index (χ1v) is 13.0. The molecule has 3 aromatic rings. The molecule has 0 bridgehead atoms. The maximum Gasteiger partial charge on any atom is 0.417 e. The summed E-state index contributed by atoms with van der Waals surface area (Å²) >= 11 is 15.2. The molecule has 0 aromatic heterocycles. The number of hydrogen-bond donors (Lipinski definition) is 1. The molecule has 0 aliphatic rings. The molecule has 0 spiro atoms. The van der Waals surface area contributed by atoms with Crippen LogP contribution in [-0.2, 0) is 27.5 Å². The molecular weight excluding hydrogens is 606 g/mol. The SMILES string of the molecule is O=C(CN(Cc1ccc(Cl)c(Cl)c1)S(=O)(=O)c1ccc(Br)cc1)N/N=C/c1ccccc1C(F)(F)F. The molecule has 1 amide bonds. The van der Waals surface area contributed by atoms with Gasteiger partial charge in [0.25, 0.3) is 5.91 Å². The number of carbonyl (C=O) groups excluding carboxylic acids is 1. The molecule has 0 atom stereocenters. The number of hydrogen-bond acceptors (Lipinski definition) is 4. The Bertz CT molecular complexity index is 1390. The lowest BCUT2D eigenvalue weighted by atomic mass is 10.1. The number of rotatable bonds is 8. The number of carbonyl (C=O) groups is 1. The summed E-state index contributed by atoms with van der Waals surface area (Å²) in [6, 6.07) is 15.0. The third-order valence-corrected chi connectivity index (χ3v) is 7.85. The quantitative estimate of drug-likeness (QED) is 0.243. The summed E-state index contributed by atoms with van der Waals surface area (Å²) < 4.78 is 67.6. The topological polar surface area (TPSA) is 78.8 Å². The second kappa shape index (κ2) is 11.7. The summed E-state index contributed by atoms with van der Waals surface area (Å²) in [6.45, 7) is -0.903. The maximum atomic E-state index is 13.3. The molecule has 0 fully saturated rings. The fraction of sp³-hybridized carbons (Fsp3) is 0.130. The van der Waals surface area contributed by atoms with Gasteiger partial charge in [-0.15, -0.1) is 0 Å². The molecule has 0 unspecified atom stereocenters. The average molecular weight is 623 g/mol. The monoisotopic (exact) mass is 621 g/mol. The first-order chi connectivity index (χ1) is 16.9. The van der Waals surface area contributed by atoms with Gasteiger partial charge in [-0.05, 0) is 48.0 Å². The van der Waals surface area contributed by atoms with E-state index >= 15 is 0 Å². The van der Waals surface area contributed by atoms with Crippen LogP contribution in [0.15, 0.2) is 81.2 Å². The van der Waals surface area contributed by atoms with E-state index in [1.54, 1.807) is 6.07 Å². The Morgan fingerprint density at radius 1 is 1.03 bits per heavy atom. The Morgan fingerprint density at radius 2 is 1.69 bits per heavy atom. The van der Waals surface area contributed by atoms with E-state index in [1.165, 1.54) is 54.6 Å². The van der Waals surface area contributed by atoms with Crippen molar-refractivity contribution >= 4 is 61.3 Å². The fourth-order valence-corrected chi connectivity index (χ4v) is 5.03. The van der Waals surface area contributed by atoms with Gasteiger partial charge in [0.15, 0.2) is 0 Å². The molecule has 0 aliphatic heterocycles. The minimum absolute atomic E-state index is 0.0684. The van der Waals surface area contributed by atoms with Gasteiger partial charge in [0, 0.05) is 16.6 Å². The van der Waals surface area contributed by atoms with Crippen molar-refractivity contribution in [2.75, 3.05) is 6.54 Å². The number of hydrazone groups is 1. The summed E-state index contributed by atoms with van der Waals surface area (Å²) in [5, 5.41) is 4.05. The normalized spacial score (nSPS) is 12.3. The third-order valence-electron chi connectivity index (χ3n) is 4.77. The first kappa shape index (κ1) is 28.1. The molecule has 36 heavy (non-hydrogen) atoms. The zero-order chi connectivity index (χ0) is 26.5. The molecule has 0 saturated carbocycles. The van der Waals surface area contributed by atoms with Gasteiger partial charge in [-0.25, -0.2) is 13.8 Å². The smallest absolute Gasteiger partial charge is 0.272 e. The van der Waals surface area contributed by atoms with Gasteiger partial charge in [0.2, 0.25) is 10.0 Å². The van der Waals surface area contributed by atoms with E-state index in [0.717, 1.165) is 16.6 Å². The van der Waals surface area contributed by atoms with E-state index in [9.17, 15) is 26.4 Å². The van der Waals surface area contributed by atoms with Crippen molar-refractivity contribution in [3.05, 3.63) is 97.9 Å². The van der Waals surface area contributed by atoms with Crippen LogP contribution in [0.25, 0.3) is 0 Å². The Labute approximate surface area is 223 Å². The summed E-state index contributed by atoms with van der Waals surface area (Å²) in [6.07, 6.45) is -3.77. The highest BCUT2D eigenvalue weighted by Gasteiger charge is 2.32. The van der Waals surface area contributed by atoms with Crippen molar-refractivity contribution in [1.29, 1.82) is 0 Å². The van der Waals surface area contributed by atoms with Crippen molar-refractivity contribution in [1.82, 2.24) is 9.73 Å². The van der Waals surface area contributed by atoms with E-state index < -0.39 is 34.2 Å². The lowest BCUT2D eigenvalue weighted by molar-refractivity contribution is -0.137. The molecule has 13 heteroatoms. The maximum absolute atomic E-state index is 13.3. The van der Waals surface area contributed by atoms with Gasteiger partial charge in [0.05, 0.1) is 33.3 Å². The van der Waals surface area contributed by atoms with Crippen LogP contribution >= 0.6 is 39.1 Å². The largest absolute Gasteiger partial charge is 0.417 e. The standard InChI is InChI=1S/C23H17BrCl2F3N3O3S/c24-17-6-8-18(9-7-17)36(34,35)32(13-15-5-10-20(25)21(26)11-15)14-22(33)31-30-12-16-3-1-2-4-19(16)23(27,28)29/h1-12H,13-14H2,(H,31,33)/b30-12+. The van der Waals surface area contributed by atoms with Crippen LogP contribution in [0, 0.1) is 0 Å². The van der Waals surface area contributed by atoms with Gasteiger partial charge < -0.3 is 0 Å². The van der Waals surface area contributed by atoms with Crippen molar-refractivity contribution in [2.24, 2.45) is 5.10 Å². The number of benzene rings is 3. The van der Waals surface area contributed by atoms with Crippen LogP contribution in [0.1, 0.15) is 16.7 Å². The van der Waals surface area contributed by atoms with Crippen molar-refractivity contribution in [3.8, 4) is 0 Å². The highest BCUT2D eigenvalue weighted by molar-refractivity contribution is 9.10. The van der Waals surface area contributed by atoms with Gasteiger partial charge in [0.1, 0.15) is 0 Å². The number of halogens is 6. The Kier molecular flexibility index (Phi) is 9.18. The van der Waals surface area contributed by atoms with E-state index in [-0.39, 0.29) is 27.0 Å². The van der Waals surface area contributed by atoms with Gasteiger partial charge in [-0.2, -0.15) is 22.6 Å². The molecule has 0 aliphatic carbocycles. The number of nitrogens with zero attached hydrogens (tertiary/aromatic N) is 2. The lowest BCUT2D eigenvalue weighted by Gasteiger charge is -2.22. The minimum atomic E-state index is -4.61. The van der Waals surface area contributed by atoms with Crippen LogP contribution in [0.2, 0.25) is 10.0 Å². The Morgan fingerprint density at radius 3 is 2.33 bits per heavy atom. The van der Waals surface area contributed by atoms with Crippen LogP contribution in [-0.4, -0.2) is 31.4 Å².